The summed E-state index contributed by atoms with van der Waals surface area (Å²) in [6.07, 6.45) is 2.61. The molecule has 1 aliphatic heterocycles. The lowest BCUT2D eigenvalue weighted by atomic mass is 10.1. The van der Waals surface area contributed by atoms with Crippen molar-refractivity contribution in [2.45, 2.75) is 38.6 Å². The van der Waals surface area contributed by atoms with Crippen molar-refractivity contribution in [3.05, 3.63) is 35.9 Å². The third-order valence-corrected chi connectivity index (χ3v) is 3.65. The van der Waals surface area contributed by atoms with Crippen LogP contribution in [0.3, 0.4) is 0 Å². The molecule has 4 nitrogen and oxygen atoms in total. The van der Waals surface area contributed by atoms with Crippen LogP contribution < -0.4 is 5.32 Å². The van der Waals surface area contributed by atoms with Gasteiger partial charge in [-0.3, -0.25) is 14.5 Å². The second kappa shape index (κ2) is 7.20. The number of benzene rings is 1. The molecule has 1 aromatic rings. The van der Waals surface area contributed by atoms with Crippen LogP contribution in [0.5, 0.6) is 0 Å². The molecule has 1 fully saturated rings. The molecule has 4 heteroatoms. The molecule has 1 N–H and O–H groups in total. The molecular weight excluding hydrogens is 252 g/mol. The van der Waals surface area contributed by atoms with Crippen molar-refractivity contribution >= 4 is 11.8 Å². The molecule has 0 aromatic heterocycles. The van der Waals surface area contributed by atoms with Crippen LogP contribution in [0.2, 0.25) is 0 Å². The Labute approximate surface area is 120 Å². The number of likely N-dealkylation sites (tertiary alicyclic amines) is 1. The first-order chi connectivity index (χ1) is 9.72. The van der Waals surface area contributed by atoms with E-state index in [0.717, 1.165) is 24.9 Å². The second-order valence-electron chi connectivity index (χ2n) is 5.13. The summed E-state index contributed by atoms with van der Waals surface area (Å²) in [5, 5.41) is 3.36. The number of nitrogens with one attached hydrogen (secondary N) is 1. The minimum absolute atomic E-state index is 0.00667. The SMILES string of the molecule is CCNC(CN1C(=O)CCCCC1=O)c1ccccc1. The van der Waals surface area contributed by atoms with Gasteiger partial charge in [-0.1, -0.05) is 37.3 Å². The molecule has 1 aromatic carbocycles. The lowest BCUT2D eigenvalue weighted by Crippen LogP contribution is -2.41. The highest BCUT2D eigenvalue weighted by molar-refractivity contribution is 5.96. The lowest BCUT2D eigenvalue weighted by Gasteiger charge is -2.26. The monoisotopic (exact) mass is 274 g/mol. The molecule has 20 heavy (non-hydrogen) atoms. The average Bonchev–Trinajstić information content (AvgIpc) is 2.62. The maximum Gasteiger partial charge on any atom is 0.229 e. The average molecular weight is 274 g/mol. The zero-order valence-electron chi connectivity index (χ0n) is 12.0. The molecule has 2 rings (SSSR count). The van der Waals surface area contributed by atoms with Crippen LogP contribution in [0.15, 0.2) is 30.3 Å². The summed E-state index contributed by atoms with van der Waals surface area (Å²) in [6, 6.07) is 9.99. The van der Waals surface area contributed by atoms with Gasteiger partial charge >= 0.3 is 0 Å². The predicted octanol–water partition coefficient (Wildman–Crippen LogP) is 2.27. The summed E-state index contributed by atoms with van der Waals surface area (Å²) in [5.74, 6) is -0.0716. The topological polar surface area (TPSA) is 49.4 Å². The molecule has 0 aliphatic carbocycles. The molecule has 1 atom stereocenters. The highest BCUT2D eigenvalue weighted by Gasteiger charge is 2.26. The van der Waals surface area contributed by atoms with E-state index >= 15 is 0 Å². The van der Waals surface area contributed by atoms with E-state index in [-0.39, 0.29) is 17.9 Å². The highest BCUT2D eigenvalue weighted by Crippen LogP contribution is 2.18. The van der Waals surface area contributed by atoms with Crippen LogP contribution in [0, 0.1) is 0 Å². The Bertz CT molecular complexity index is 441. The third-order valence-electron chi connectivity index (χ3n) is 3.65. The Morgan fingerprint density at radius 1 is 1.10 bits per heavy atom. The van der Waals surface area contributed by atoms with Gasteiger partial charge in [0.15, 0.2) is 0 Å². The fraction of sp³-hybridized carbons (Fsp3) is 0.500. The van der Waals surface area contributed by atoms with Crippen molar-refractivity contribution in [2.24, 2.45) is 0 Å². The molecule has 0 saturated carbocycles. The van der Waals surface area contributed by atoms with Gasteiger partial charge in [0.1, 0.15) is 0 Å². The Balaban J connectivity index is 2.14. The minimum Gasteiger partial charge on any atom is -0.309 e. The van der Waals surface area contributed by atoms with Crippen molar-refractivity contribution in [1.82, 2.24) is 10.2 Å². The first kappa shape index (κ1) is 14.7. The molecule has 2 amide bonds. The van der Waals surface area contributed by atoms with Crippen LogP contribution in [0.25, 0.3) is 0 Å². The summed E-state index contributed by atoms with van der Waals surface area (Å²) in [4.78, 5) is 25.6. The number of rotatable bonds is 5. The molecule has 1 aliphatic rings. The van der Waals surface area contributed by atoms with E-state index in [0.29, 0.717) is 19.4 Å². The molecule has 0 radical (unpaired) electrons. The smallest absolute Gasteiger partial charge is 0.229 e. The van der Waals surface area contributed by atoms with Gasteiger partial charge in [-0.05, 0) is 24.9 Å². The molecule has 0 spiro atoms. The Morgan fingerprint density at radius 2 is 1.70 bits per heavy atom. The van der Waals surface area contributed by atoms with E-state index in [1.54, 1.807) is 0 Å². The van der Waals surface area contributed by atoms with E-state index in [2.05, 4.69) is 5.32 Å². The maximum absolute atomic E-state index is 12.1. The van der Waals surface area contributed by atoms with E-state index < -0.39 is 0 Å². The zero-order valence-corrected chi connectivity index (χ0v) is 12.0. The van der Waals surface area contributed by atoms with Crippen LogP contribution in [-0.4, -0.2) is 29.8 Å². The summed E-state index contributed by atoms with van der Waals surface area (Å²) < 4.78 is 0. The number of carbonyl (C=O) groups excluding carboxylic acids is 2. The highest BCUT2D eigenvalue weighted by atomic mass is 16.2. The Morgan fingerprint density at radius 3 is 2.25 bits per heavy atom. The van der Waals surface area contributed by atoms with Crippen molar-refractivity contribution < 1.29 is 9.59 Å². The zero-order chi connectivity index (χ0) is 14.4. The van der Waals surface area contributed by atoms with Gasteiger partial charge < -0.3 is 5.32 Å². The summed E-state index contributed by atoms with van der Waals surface area (Å²) in [5.41, 5.74) is 1.11. The number of imide groups is 1. The molecule has 108 valence electrons. The van der Waals surface area contributed by atoms with Crippen LogP contribution in [0.4, 0.5) is 0 Å². The van der Waals surface area contributed by atoms with Crippen molar-refractivity contribution in [3.63, 3.8) is 0 Å². The van der Waals surface area contributed by atoms with Gasteiger partial charge in [0, 0.05) is 19.4 Å². The summed E-state index contributed by atoms with van der Waals surface area (Å²) >= 11 is 0. The Hall–Kier alpha value is -1.68. The van der Waals surface area contributed by atoms with E-state index in [9.17, 15) is 9.59 Å². The van der Waals surface area contributed by atoms with Crippen LogP contribution >= 0.6 is 0 Å². The fourth-order valence-corrected chi connectivity index (χ4v) is 2.57. The van der Waals surface area contributed by atoms with Crippen molar-refractivity contribution in [2.75, 3.05) is 13.1 Å². The quantitative estimate of drug-likeness (QED) is 0.838. The van der Waals surface area contributed by atoms with Gasteiger partial charge in [-0.2, -0.15) is 0 Å². The van der Waals surface area contributed by atoms with Crippen molar-refractivity contribution in [1.29, 1.82) is 0 Å². The third kappa shape index (κ3) is 3.67. The number of likely N-dealkylation sites (N-methyl/N-ethyl adjacent to an activating group) is 1. The first-order valence-electron chi connectivity index (χ1n) is 7.34. The predicted molar refractivity (Wildman–Crippen MR) is 78.0 cm³/mol. The molecule has 1 unspecified atom stereocenters. The molecular formula is C16H22N2O2. The van der Waals surface area contributed by atoms with E-state index in [4.69, 9.17) is 0 Å². The van der Waals surface area contributed by atoms with Crippen molar-refractivity contribution in [3.8, 4) is 0 Å². The fourth-order valence-electron chi connectivity index (χ4n) is 2.57. The number of hydrogen-bond donors (Lipinski definition) is 1. The van der Waals surface area contributed by atoms with E-state index in [1.807, 2.05) is 37.3 Å². The number of amides is 2. The first-order valence-corrected chi connectivity index (χ1v) is 7.34. The normalized spacial score (nSPS) is 17.9. The largest absolute Gasteiger partial charge is 0.309 e. The second-order valence-corrected chi connectivity index (χ2v) is 5.13. The summed E-state index contributed by atoms with van der Waals surface area (Å²) in [7, 11) is 0. The molecule has 1 heterocycles. The van der Waals surface area contributed by atoms with Gasteiger partial charge in [0.2, 0.25) is 11.8 Å². The number of nitrogens with zero attached hydrogens (tertiary/aromatic N) is 1. The standard InChI is InChI=1S/C16H22N2O2/c1-2-17-14(13-8-4-3-5-9-13)12-18-15(19)10-6-7-11-16(18)20/h3-5,8-9,14,17H,2,6-7,10-12H2,1H3. The summed E-state index contributed by atoms with van der Waals surface area (Å²) in [6.45, 7) is 3.26. The Kier molecular flexibility index (Phi) is 5.30. The van der Waals surface area contributed by atoms with Crippen LogP contribution in [0.1, 0.15) is 44.2 Å². The lowest BCUT2D eigenvalue weighted by molar-refractivity contribution is -0.144. The van der Waals surface area contributed by atoms with Gasteiger partial charge in [-0.15, -0.1) is 0 Å². The number of carbonyl (C=O) groups is 2. The minimum atomic E-state index is -0.0358. The van der Waals surface area contributed by atoms with Crippen LogP contribution in [-0.2, 0) is 9.59 Å². The molecule has 0 bridgehead atoms. The van der Waals surface area contributed by atoms with Gasteiger partial charge in [-0.25, -0.2) is 0 Å². The van der Waals surface area contributed by atoms with Gasteiger partial charge in [0.25, 0.3) is 0 Å². The number of hydrogen-bond acceptors (Lipinski definition) is 3. The van der Waals surface area contributed by atoms with E-state index in [1.165, 1.54) is 4.90 Å². The van der Waals surface area contributed by atoms with Gasteiger partial charge in [0.05, 0.1) is 6.04 Å². The molecule has 1 saturated heterocycles. The maximum atomic E-state index is 12.1.